The molecule has 1 rings (SSSR count). The summed E-state index contributed by atoms with van der Waals surface area (Å²) in [5, 5.41) is 0. The van der Waals surface area contributed by atoms with Gasteiger partial charge in [0.15, 0.2) is 0 Å². The van der Waals surface area contributed by atoms with Gasteiger partial charge in [-0.1, -0.05) is 12.1 Å². The topological polar surface area (TPSA) is 0 Å². The normalized spacial score (nSPS) is 9.12. The lowest BCUT2D eigenvalue weighted by Crippen LogP contribution is -1.72. The summed E-state index contributed by atoms with van der Waals surface area (Å²) in [5.41, 5.74) is 0. The molecule has 8 heavy (non-hydrogen) atoms. The number of hydrogen-bond donors (Lipinski definition) is 0. The molecule has 0 saturated heterocycles. The van der Waals surface area contributed by atoms with E-state index in [-0.39, 0.29) is 5.82 Å². The lowest BCUT2D eigenvalue weighted by Gasteiger charge is -2.00. The Bertz CT molecular complexity index is 168. The maximum atomic E-state index is 12.1. The Morgan fingerprint density at radius 2 is 2.12 bits per heavy atom. The first-order chi connectivity index (χ1) is 3.79. The van der Waals surface area contributed by atoms with Gasteiger partial charge in [0.2, 0.25) is 0 Å². The van der Waals surface area contributed by atoms with Gasteiger partial charge in [-0.2, -0.15) is 4.90 Å². The summed E-state index contributed by atoms with van der Waals surface area (Å²) in [4.78, 5) is 0.546. The fraction of sp³-hybridized carbons (Fsp3) is 0. The van der Waals surface area contributed by atoms with E-state index in [2.05, 4.69) is 12.6 Å². The van der Waals surface area contributed by atoms with Gasteiger partial charge in [0.1, 0.15) is 5.82 Å². The van der Waals surface area contributed by atoms with Crippen LogP contribution in [0.2, 0.25) is 0 Å². The quantitative estimate of drug-likeness (QED) is 0.478. The second-order valence-electron chi connectivity index (χ2n) is 1.46. The Balaban J connectivity index is 3.08. The van der Waals surface area contributed by atoms with Crippen molar-refractivity contribution in [2.24, 2.45) is 0 Å². The van der Waals surface area contributed by atoms with Crippen LogP contribution in [-0.4, -0.2) is 0 Å². The summed E-state index contributed by atoms with van der Waals surface area (Å²) in [6.07, 6.45) is 0. The van der Waals surface area contributed by atoms with Crippen LogP contribution in [0.3, 0.4) is 0 Å². The van der Waals surface area contributed by atoms with E-state index >= 15 is 0 Å². The van der Waals surface area contributed by atoms with Crippen molar-refractivity contribution in [2.75, 3.05) is 0 Å². The van der Waals surface area contributed by atoms with Crippen LogP contribution in [0.1, 0.15) is 0 Å². The Kier molecular flexibility index (Phi) is 1.44. The van der Waals surface area contributed by atoms with Gasteiger partial charge < -0.3 is 12.6 Å². The first-order valence-electron chi connectivity index (χ1n) is 2.21. The van der Waals surface area contributed by atoms with Gasteiger partial charge in [0.05, 0.1) is 0 Å². The molecule has 42 valence electrons. The summed E-state index contributed by atoms with van der Waals surface area (Å²) in [6.45, 7) is 0. The van der Waals surface area contributed by atoms with Crippen LogP contribution in [0, 0.1) is 5.82 Å². The van der Waals surface area contributed by atoms with Gasteiger partial charge in [-0.3, -0.25) is 0 Å². The molecule has 0 spiro atoms. The molecule has 1 aromatic rings. The van der Waals surface area contributed by atoms with Crippen molar-refractivity contribution in [2.45, 2.75) is 4.90 Å². The molecule has 0 fully saturated rings. The van der Waals surface area contributed by atoms with E-state index < -0.39 is 0 Å². The molecule has 0 nitrogen and oxygen atoms in total. The molecule has 0 aliphatic carbocycles. The maximum absolute atomic E-state index is 12.1. The standard InChI is InChI=1S/C6H5FS/c7-5-2-1-3-6(8)4-5/h1-4,8H/p-1. The number of halogens is 1. The maximum Gasteiger partial charge on any atom is 0.121 e. The average Bonchev–Trinajstić information content (AvgIpc) is 1.64. The summed E-state index contributed by atoms with van der Waals surface area (Å²) in [7, 11) is 0. The third kappa shape index (κ3) is 1.17. The zero-order chi connectivity index (χ0) is 5.98. The zero-order valence-electron chi connectivity index (χ0n) is 4.10. The molecule has 2 heteroatoms. The molecule has 0 saturated carbocycles. The minimum atomic E-state index is -0.266. The number of benzene rings is 1. The molecule has 0 unspecified atom stereocenters. The summed E-state index contributed by atoms with van der Waals surface area (Å²) in [6, 6.07) is 5.96. The summed E-state index contributed by atoms with van der Waals surface area (Å²) in [5.74, 6) is -0.266. The summed E-state index contributed by atoms with van der Waals surface area (Å²) >= 11 is 4.66. The van der Waals surface area contributed by atoms with Gasteiger partial charge >= 0.3 is 0 Å². The molecule has 0 radical (unpaired) electrons. The Morgan fingerprint density at radius 1 is 1.38 bits per heavy atom. The van der Waals surface area contributed by atoms with Crippen LogP contribution in [0.4, 0.5) is 4.39 Å². The van der Waals surface area contributed by atoms with Gasteiger partial charge in [-0.05, 0) is 12.1 Å². The minimum absolute atomic E-state index is 0.266. The molecule has 1 aromatic carbocycles. The molecule has 0 N–H and O–H groups in total. The fourth-order valence-corrected chi connectivity index (χ4v) is 0.658. The van der Waals surface area contributed by atoms with Crippen LogP contribution in [0.15, 0.2) is 29.2 Å². The first kappa shape index (κ1) is 5.51. The van der Waals surface area contributed by atoms with Crippen LogP contribution >= 0.6 is 0 Å². The van der Waals surface area contributed by atoms with Gasteiger partial charge in [0.25, 0.3) is 0 Å². The lowest BCUT2D eigenvalue weighted by molar-refractivity contribution is 0.624. The van der Waals surface area contributed by atoms with E-state index in [9.17, 15) is 4.39 Å². The van der Waals surface area contributed by atoms with Crippen molar-refractivity contribution >= 4 is 12.6 Å². The zero-order valence-corrected chi connectivity index (χ0v) is 4.91. The summed E-state index contributed by atoms with van der Waals surface area (Å²) < 4.78 is 12.1. The molecule has 0 bridgehead atoms. The number of hydrogen-bond acceptors (Lipinski definition) is 1. The van der Waals surface area contributed by atoms with Crippen LogP contribution < -0.4 is 0 Å². The van der Waals surface area contributed by atoms with Gasteiger partial charge in [0, 0.05) is 0 Å². The fourth-order valence-electron chi connectivity index (χ4n) is 0.467. The smallest absolute Gasteiger partial charge is 0.121 e. The highest BCUT2D eigenvalue weighted by Crippen LogP contribution is 2.00. The van der Waals surface area contributed by atoms with Crippen molar-refractivity contribution in [3.63, 3.8) is 0 Å². The predicted molar refractivity (Wildman–Crippen MR) is 32.0 cm³/mol. The van der Waals surface area contributed by atoms with Gasteiger partial charge in [-0.25, -0.2) is 4.39 Å². The molecule has 0 aliphatic rings. The number of rotatable bonds is 0. The third-order valence-electron chi connectivity index (χ3n) is 0.796. The Labute approximate surface area is 52.8 Å². The highest BCUT2D eigenvalue weighted by molar-refractivity contribution is 7.58. The first-order valence-corrected chi connectivity index (χ1v) is 2.62. The monoisotopic (exact) mass is 127 g/mol. The van der Waals surface area contributed by atoms with Crippen molar-refractivity contribution in [1.82, 2.24) is 0 Å². The Morgan fingerprint density at radius 3 is 2.50 bits per heavy atom. The third-order valence-corrected chi connectivity index (χ3v) is 1.05. The molecule has 0 atom stereocenters. The SMILES string of the molecule is Fc1cccc([S-])c1. The largest absolute Gasteiger partial charge is 0.780 e. The van der Waals surface area contributed by atoms with Crippen molar-refractivity contribution < 1.29 is 4.39 Å². The molecule has 0 aromatic heterocycles. The molecule has 0 amide bonds. The van der Waals surface area contributed by atoms with E-state index in [1.807, 2.05) is 0 Å². The minimum Gasteiger partial charge on any atom is -0.780 e. The van der Waals surface area contributed by atoms with Gasteiger partial charge in [-0.15, -0.1) is 0 Å². The lowest BCUT2D eigenvalue weighted by atomic mass is 10.4. The highest BCUT2D eigenvalue weighted by atomic mass is 32.1. The Hall–Kier alpha value is -0.630. The average molecular weight is 127 g/mol. The van der Waals surface area contributed by atoms with E-state index in [4.69, 9.17) is 0 Å². The second kappa shape index (κ2) is 2.09. The van der Waals surface area contributed by atoms with E-state index in [0.29, 0.717) is 4.90 Å². The molecular weight excluding hydrogens is 123 g/mol. The van der Waals surface area contributed by atoms with E-state index in [1.54, 1.807) is 12.1 Å². The van der Waals surface area contributed by atoms with Crippen LogP contribution in [-0.2, 0) is 12.6 Å². The van der Waals surface area contributed by atoms with Crippen molar-refractivity contribution in [1.29, 1.82) is 0 Å². The second-order valence-corrected chi connectivity index (χ2v) is 1.93. The van der Waals surface area contributed by atoms with Crippen molar-refractivity contribution in [3.05, 3.63) is 30.1 Å². The van der Waals surface area contributed by atoms with Crippen LogP contribution in [0.25, 0.3) is 0 Å². The molecular formula is C6H4FS-. The van der Waals surface area contributed by atoms with E-state index in [0.717, 1.165) is 0 Å². The predicted octanol–water partition coefficient (Wildman–Crippen LogP) is 1.73. The highest BCUT2D eigenvalue weighted by Gasteiger charge is 1.79. The molecule has 0 heterocycles. The molecule has 0 aliphatic heterocycles. The van der Waals surface area contributed by atoms with E-state index in [1.165, 1.54) is 12.1 Å². The van der Waals surface area contributed by atoms with Crippen LogP contribution in [0.5, 0.6) is 0 Å². The van der Waals surface area contributed by atoms with Crippen molar-refractivity contribution in [3.8, 4) is 0 Å².